The van der Waals surface area contributed by atoms with Gasteiger partial charge < -0.3 is 29.6 Å². The number of carbonyl (C=O) groups is 3. The Kier molecular flexibility index (Phi) is 12.9. The second-order valence-electron chi connectivity index (χ2n) is 8.71. The maximum Gasteiger partial charge on any atom is 0.329 e. The van der Waals surface area contributed by atoms with Crippen molar-refractivity contribution in [2.24, 2.45) is 5.10 Å². The van der Waals surface area contributed by atoms with Crippen molar-refractivity contribution in [1.29, 1.82) is 0 Å². The predicted molar refractivity (Wildman–Crippen MR) is 169 cm³/mol. The minimum absolute atomic E-state index is 0.241. The van der Waals surface area contributed by atoms with Crippen LogP contribution in [0.1, 0.15) is 32.3 Å². The van der Waals surface area contributed by atoms with Gasteiger partial charge in [0.05, 0.1) is 30.1 Å². The highest BCUT2D eigenvalue weighted by atomic mass is 127. The minimum Gasteiger partial charge on any atom is -0.497 e. The van der Waals surface area contributed by atoms with E-state index >= 15 is 0 Å². The molecule has 0 bridgehead atoms. The summed E-state index contributed by atoms with van der Waals surface area (Å²) in [4.78, 5) is 36.9. The average molecular weight is 689 g/mol. The Bertz CT molecular complexity index is 1380. The number of methoxy groups -OCH3 is 1. The second-order valence-corrected chi connectivity index (χ2v) is 9.87. The number of hydrogen-bond acceptors (Lipinski definition) is 8. The maximum absolute atomic E-state index is 12.4. The molecule has 0 atom stereocenters. The topological polar surface area (TPSA) is 137 Å². The largest absolute Gasteiger partial charge is 0.497 e. The molecule has 0 aliphatic heterocycles. The van der Waals surface area contributed by atoms with Crippen molar-refractivity contribution in [2.45, 2.75) is 26.7 Å². The number of nitrogens with one attached hydrogen (secondary N) is 3. The van der Waals surface area contributed by atoms with Gasteiger partial charge in [-0.15, -0.1) is 0 Å². The number of nitrogens with zero attached hydrogens (tertiary/aromatic N) is 1. The molecular weight excluding hydrogens is 655 g/mol. The third-order valence-electron chi connectivity index (χ3n) is 5.52. The summed E-state index contributed by atoms with van der Waals surface area (Å²) in [5, 5.41) is 9.16. The molecule has 0 heterocycles. The lowest BCUT2D eigenvalue weighted by Crippen LogP contribution is -2.32. The van der Waals surface area contributed by atoms with Crippen LogP contribution in [-0.2, 0) is 14.4 Å². The maximum atomic E-state index is 12.4. The number of benzene rings is 3. The number of anilines is 2. The van der Waals surface area contributed by atoms with Crippen LogP contribution in [0.5, 0.6) is 23.0 Å². The molecule has 0 radical (unpaired) electrons. The summed E-state index contributed by atoms with van der Waals surface area (Å²) in [7, 11) is 1.57. The third-order valence-corrected chi connectivity index (χ3v) is 6.32. The zero-order valence-corrected chi connectivity index (χ0v) is 25.7. The lowest BCUT2D eigenvalue weighted by Gasteiger charge is -2.14. The lowest BCUT2D eigenvalue weighted by atomic mass is 10.2. The quantitative estimate of drug-likeness (QED) is 0.0715. The molecule has 42 heavy (non-hydrogen) atoms. The van der Waals surface area contributed by atoms with Crippen molar-refractivity contribution in [1.82, 2.24) is 5.43 Å². The Labute approximate surface area is 258 Å². The molecule has 3 aromatic rings. The number of amides is 3. The van der Waals surface area contributed by atoms with E-state index in [0.29, 0.717) is 56.7 Å². The molecule has 0 aromatic heterocycles. The summed E-state index contributed by atoms with van der Waals surface area (Å²) < 4.78 is 22.8. The van der Waals surface area contributed by atoms with Gasteiger partial charge in [0.15, 0.2) is 18.1 Å². The molecular formula is C30H33IN4O7. The van der Waals surface area contributed by atoms with Gasteiger partial charge in [-0.25, -0.2) is 5.43 Å². The van der Waals surface area contributed by atoms with E-state index < -0.39 is 11.8 Å². The van der Waals surface area contributed by atoms with Crippen LogP contribution in [0.15, 0.2) is 65.8 Å². The van der Waals surface area contributed by atoms with Crippen LogP contribution < -0.4 is 35.0 Å². The molecule has 0 fully saturated rings. The molecule has 222 valence electrons. The zero-order chi connectivity index (χ0) is 30.3. The molecule has 0 saturated carbocycles. The molecule has 11 nitrogen and oxygen atoms in total. The highest BCUT2D eigenvalue weighted by molar-refractivity contribution is 14.1. The molecule has 0 unspecified atom stereocenters. The van der Waals surface area contributed by atoms with Gasteiger partial charge in [-0.1, -0.05) is 13.3 Å². The number of halogens is 1. The molecule has 0 aliphatic carbocycles. The molecule has 0 saturated heterocycles. The molecule has 0 aliphatic rings. The Hall–Kier alpha value is -4.33. The molecule has 12 heteroatoms. The number of rotatable bonds is 14. The molecule has 0 spiro atoms. The standard InChI is InChI=1S/C30H33IN4O7/c1-4-6-15-41-24-13-9-22(10-14-24)34-29(37)30(38)35-32-18-20-16-25(31)28(26(17-20)40-5-2)42-19-27(36)33-21-7-11-23(39-3)12-8-21/h7-14,16-18H,4-6,15,19H2,1-3H3,(H,33,36)(H,34,37)(H,35,38)/b32-18-. The summed E-state index contributed by atoms with van der Waals surface area (Å²) >= 11 is 2.06. The van der Waals surface area contributed by atoms with E-state index in [0.717, 1.165) is 12.8 Å². The smallest absolute Gasteiger partial charge is 0.329 e. The van der Waals surface area contributed by atoms with Crippen LogP contribution >= 0.6 is 22.6 Å². The zero-order valence-electron chi connectivity index (χ0n) is 23.6. The van der Waals surface area contributed by atoms with Gasteiger partial charge >= 0.3 is 11.8 Å². The van der Waals surface area contributed by atoms with Crippen LogP contribution in [0.2, 0.25) is 0 Å². The van der Waals surface area contributed by atoms with E-state index in [2.05, 4.69) is 50.7 Å². The number of ether oxygens (including phenoxy) is 4. The van der Waals surface area contributed by atoms with Gasteiger partial charge in [0.2, 0.25) is 0 Å². The fraction of sp³-hybridized carbons (Fsp3) is 0.267. The van der Waals surface area contributed by atoms with Crippen LogP contribution in [-0.4, -0.2) is 50.9 Å². The second kappa shape index (κ2) is 16.8. The Morgan fingerprint density at radius 3 is 2.17 bits per heavy atom. The molecule has 3 rings (SSSR count). The predicted octanol–water partition coefficient (Wildman–Crippen LogP) is 4.98. The van der Waals surface area contributed by atoms with E-state index in [1.54, 1.807) is 67.8 Å². The normalized spacial score (nSPS) is 10.6. The van der Waals surface area contributed by atoms with Gasteiger partial charge in [0.1, 0.15) is 11.5 Å². The Morgan fingerprint density at radius 1 is 0.857 bits per heavy atom. The van der Waals surface area contributed by atoms with E-state index in [1.807, 2.05) is 6.92 Å². The van der Waals surface area contributed by atoms with Gasteiger partial charge in [0, 0.05) is 11.4 Å². The van der Waals surface area contributed by atoms with Crippen LogP contribution in [0.3, 0.4) is 0 Å². The van der Waals surface area contributed by atoms with Crippen LogP contribution in [0.4, 0.5) is 11.4 Å². The molecule has 3 aromatic carbocycles. The van der Waals surface area contributed by atoms with Crippen molar-refractivity contribution in [3.05, 3.63) is 69.8 Å². The molecule has 3 N–H and O–H groups in total. The Balaban J connectivity index is 1.55. The number of carbonyl (C=O) groups excluding carboxylic acids is 3. The average Bonchev–Trinajstić information content (AvgIpc) is 2.98. The highest BCUT2D eigenvalue weighted by Crippen LogP contribution is 2.34. The van der Waals surface area contributed by atoms with Crippen LogP contribution in [0.25, 0.3) is 0 Å². The Morgan fingerprint density at radius 2 is 1.52 bits per heavy atom. The number of unbranched alkanes of at least 4 members (excludes halogenated alkanes) is 1. The van der Waals surface area contributed by atoms with Crippen molar-refractivity contribution in [3.8, 4) is 23.0 Å². The first-order valence-corrected chi connectivity index (χ1v) is 14.3. The van der Waals surface area contributed by atoms with Gasteiger partial charge in [-0.05, 0) is 102 Å². The summed E-state index contributed by atoms with van der Waals surface area (Å²) in [6, 6.07) is 17.1. The van der Waals surface area contributed by atoms with Gasteiger partial charge in [-0.2, -0.15) is 5.10 Å². The summed E-state index contributed by atoms with van der Waals surface area (Å²) in [5.74, 6) is 0.0105. The van der Waals surface area contributed by atoms with Crippen LogP contribution in [0, 0.1) is 3.57 Å². The van der Waals surface area contributed by atoms with Gasteiger partial charge in [0.25, 0.3) is 5.91 Å². The SMILES string of the molecule is CCCCOc1ccc(NC(=O)C(=O)N/N=C\c2cc(I)c(OCC(=O)Nc3ccc(OC)cc3)c(OCC)c2)cc1. The lowest BCUT2D eigenvalue weighted by molar-refractivity contribution is -0.136. The van der Waals surface area contributed by atoms with Crippen molar-refractivity contribution in [2.75, 3.05) is 37.6 Å². The summed E-state index contributed by atoms with van der Waals surface area (Å²) in [5.41, 5.74) is 3.85. The first-order valence-electron chi connectivity index (χ1n) is 13.2. The number of hydrogen-bond donors (Lipinski definition) is 3. The van der Waals surface area contributed by atoms with E-state index in [-0.39, 0.29) is 12.5 Å². The van der Waals surface area contributed by atoms with E-state index in [9.17, 15) is 14.4 Å². The minimum atomic E-state index is -0.933. The fourth-order valence-electron chi connectivity index (χ4n) is 3.45. The first-order chi connectivity index (χ1) is 20.3. The van der Waals surface area contributed by atoms with Gasteiger partial charge in [-0.3, -0.25) is 14.4 Å². The van der Waals surface area contributed by atoms with Crippen molar-refractivity contribution in [3.63, 3.8) is 0 Å². The van der Waals surface area contributed by atoms with E-state index in [4.69, 9.17) is 18.9 Å². The fourth-order valence-corrected chi connectivity index (χ4v) is 4.23. The monoisotopic (exact) mass is 688 g/mol. The third kappa shape index (κ3) is 10.3. The number of hydrazone groups is 1. The first kappa shape index (κ1) is 32.2. The molecule has 3 amide bonds. The summed E-state index contributed by atoms with van der Waals surface area (Å²) in [6.07, 6.45) is 3.36. The van der Waals surface area contributed by atoms with Crippen molar-refractivity contribution < 1.29 is 33.3 Å². The summed E-state index contributed by atoms with van der Waals surface area (Å²) in [6.45, 7) is 4.63. The van der Waals surface area contributed by atoms with E-state index in [1.165, 1.54) is 6.21 Å². The highest BCUT2D eigenvalue weighted by Gasteiger charge is 2.15. The van der Waals surface area contributed by atoms with Crippen molar-refractivity contribution >= 4 is 57.9 Å².